The van der Waals surface area contributed by atoms with Gasteiger partial charge < -0.3 is 14.3 Å². The molecule has 0 spiro atoms. The van der Waals surface area contributed by atoms with E-state index in [4.69, 9.17) is 4.43 Å². The van der Waals surface area contributed by atoms with E-state index in [0.29, 0.717) is 19.3 Å². The average Bonchev–Trinajstić information content (AvgIpc) is 2.31. The number of carbonyl (C=O) groups excluding carboxylic acids is 1. The molecule has 0 aromatic heterocycles. The van der Waals surface area contributed by atoms with Crippen molar-refractivity contribution in [2.24, 2.45) is 5.92 Å². The second-order valence-electron chi connectivity index (χ2n) is 10.3. The number of aliphatic hydroxyl groups excluding tert-OH is 1. The van der Waals surface area contributed by atoms with Gasteiger partial charge in [0, 0.05) is 12.8 Å². The lowest BCUT2D eigenvalue weighted by Crippen LogP contribution is -2.52. The minimum Gasteiger partial charge on any atom is -0.432 e. The Kier molecular flexibility index (Phi) is 6.38. The third-order valence-electron chi connectivity index (χ3n) is 6.46. The zero-order valence-electron chi connectivity index (χ0n) is 17.1. The highest BCUT2D eigenvalue weighted by Gasteiger charge is 2.47. The van der Waals surface area contributed by atoms with Crippen LogP contribution in [0, 0.1) is 5.92 Å². The summed E-state index contributed by atoms with van der Waals surface area (Å²) in [5.41, 5.74) is 0. The van der Waals surface area contributed by atoms with Gasteiger partial charge in [0.1, 0.15) is 5.78 Å². The molecule has 1 rings (SSSR count). The topological polar surface area (TPSA) is 66.8 Å². The molecular weight excluding hydrogens is 336 g/mol. The van der Waals surface area contributed by atoms with E-state index in [2.05, 4.69) is 47.7 Å². The Bertz CT molecular complexity index is 421. The smallest absolute Gasteiger partial charge is 0.192 e. The first kappa shape index (κ1) is 22.0. The van der Waals surface area contributed by atoms with E-state index >= 15 is 0 Å². The van der Waals surface area contributed by atoms with E-state index in [1.54, 1.807) is 0 Å². The molecule has 0 aliphatic heterocycles. The molecule has 6 heteroatoms. The predicted octanol–water partition coefficient (Wildman–Crippen LogP) is 4.08. The fraction of sp³-hybridized carbons (Fsp3) is 0.944. The molecule has 1 saturated carbocycles. The van der Waals surface area contributed by atoms with Crippen LogP contribution in [0.4, 0.5) is 0 Å². The lowest BCUT2D eigenvalue weighted by molar-refractivity contribution is -0.132. The molecule has 3 atom stereocenters. The van der Waals surface area contributed by atoms with E-state index < -0.39 is 28.8 Å². The molecule has 0 radical (unpaired) electrons. The van der Waals surface area contributed by atoms with Crippen LogP contribution in [0.5, 0.6) is 0 Å². The molecule has 0 bridgehead atoms. The summed E-state index contributed by atoms with van der Waals surface area (Å²) in [6.07, 6.45) is 0.327. The molecule has 1 fully saturated rings. The molecular formula is C18H38O4Si2. The van der Waals surface area contributed by atoms with Crippen LogP contribution in [0.2, 0.25) is 36.3 Å². The van der Waals surface area contributed by atoms with Gasteiger partial charge >= 0.3 is 0 Å². The molecule has 4 nitrogen and oxygen atoms in total. The molecule has 0 aromatic carbocycles. The van der Waals surface area contributed by atoms with Gasteiger partial charge in [0.25, 0.3) is 0 Å². The standard InChI is InChI=1S/C18H38O4Si2/c1-17(2,3)24(8,9)22-15-11-14(19)10-13(16(15)20)12-18(4,5)23(6,7)21/h13,15-16,20-21H,10-12H2,1-9H3/t13?,15-,16?/m1/s1. The van der Waals surface area contributed by atoms with Crippen LogP contribution in [0.1, 0.15) is 53.9 Å². The highest BCUT2D eigenvalue weighted by Crippen LogP contribution is 2.46. The Morgan fingerprint density at radius 2 is 1.58 bits per heavy atom. The molecule has 0 aromatic rings. The molecule has 1 aliphatic carbocycles. The largest absolute Gasteiger partial charge is 0.432 e. The third-order valence-corrected chi connectivity index (χ3v) is 14.5. The van der Waals surface area contributed by atoms with E-state index in [1.165, 1.54) is 0 Å². The highest BCUT2D eigenvalue weighted by atomic mass is 28.4. The Labute approximate surface area is 150 Å². The van der Waals surface area contributed by atoms with Crippen molar-refractivity contribution < 1.29 is 19.1 Å². The van der Waals surface area contributed by atoms with Crippen molar-refractivity contribution in [1.82, 2.24) is 0 Å². The number of hydrogen-bond acceptors (Lipinski definition) is 4. The highest BCUT2D eigenvalue weighted by molar-refractivity contribution is 6.74. The van der Waals surface area contributed by atoms with Crippen molar-refractivity contribution in [2.45, 2.75) is 102 Å². The SMILES string of the molecule is CC(C)(CC1CC(=O)C[C@@H](O[Si](C)(C)C(C)(C)C)C1O)[Si](C)(C)O. The van der Waals surface area contributed by atoms with Gasteiger partial charge in [-0.2, -0.15) is 0 Å². The van der Waals surface area contributed by atoms with Gasteiger partial charge in [0.2, 0.25) is 0 Å². The van der Waals surface area contributed by atoms with Gasteiger partial charge in [-0.15, -0.1) is 0 Å². The van der Waals surface area contributed by atoms with Crippen molar-refractivity contribution in [3.63, 3.8) is 0 Å². The van der Waals surface area contributed by atoms with Crippen molar-refractivity contribution in [3.8, 4) is 0 Å². The molecule has 0 amide bonds. The molecule has 2 N–H and O–H groups in total. The summed E-state index contributed by atoms with van der Waals surface area (Å²) in [6.45, 7) is 18.7. The maximum absolute atomic E-state index is 12.3. The number of rotatable bonds is 5. The number of carbonyl (C=O) groups is 1. The molecule has 2 unspecified atom stereocenters. The maximum Gasteiger partial charge on any atom is 0.192 e. The Balaban J connectivity index is 2.94. The van der Waals surface area contributed by atoms with Gasteiger partial charge in [-0.25, -0.2) is 0 Å². The summed E-state index contributed by atoms with van der Waals surface area (Å²) in [4.78, 5) is 22.8. The first-order chi connectivity index (χ1) is 10.5. The van der Waals surface area contributed by atoms with Crippen molar-refractivity contribution in [2.75, 3.05) is 0 Å². The van der Waals surface area contributed by atoms with E-state index in [0.717, 1.165) is 0 Å². The maximum atomic E-state index is 12.3. The molecule has 142 valence electrons. The second kappa shape index (κ2) is 6.95. The fourth-order valence-corrected chi connectivity index (χ4v) is 5.00. The molecule has 0 heterocycles. The van der Waals surface area contributed by atoms with Gasteiger partial charge in [-0.1, -0.05) is 34.6 Å². The lowest BCUT2D eigenvalue weighted by atomic mass is 9.79. The fourth-order valence-electron chi connectivity index (χ4n) is 2.91. The van der Waals surface area contributed by atoms with Gasteiger partial charge in [0.15, 0.2) is 16.6 Å². The first-order valence-electron chi connectivity index (χ1n) is 9.08. The number of ketones is 1. The van der Waals surface area contributed by atoms with Crippen molar-refractivity contribution in [1.29, 1.82) is 0 Å². The summed E-state index contributed by atoms with van der Waals surface area (Å²) in [5, 5.41) is 10.7. The zero-order chi connectivity index (χ0) is 19.1. The number of aliphatic hydroxyl groups is 1. The Morgan fingerprint density at radius 1 is 1.08 bits per heavy atom. The van der Waals surface area contributed by atoms with Crippen LogP contribution in [0.3, 0.4) is 0 Å². The normalized spacial score (nSPS) is 27.5. The number of hydrogen-bond donors (Lipinski definition) is 2. The van der Waals surface area contributed by atoms with Gasteiger partial charge in [-0.3, -0.25) is 4.79 Å². The number of Topliss-reactive ketones (excluding diaryl/α,β-unsaturated/α-hetero) is 1. The molecule has 24 heavy (non-hydrogen) atoms. The summed E-state index contributed by atoms with van der Waals surface area (Å²) in [7, 11) is -4.42. The first-order valence-corrected chi connectivity index (χ1v) is 14.9. The van der Waals surface area contributed by atoms with E-state index in [1.807, 2.05) is 13.1 Å². The van der Waals surface area contributed by atoms with Crippen LogP contribution in [0.15, 0.2) is 0 Å². The monoisotopic (exact) mass is 374 g/mol. The van der Waals surface area contributed by atoms with Crippen molar-refractivity contribution in [3.05, 3.63) is 0 Å². The summed E-state index contributed by atoms with van der Waals surface area (Å²) >= 11 is 0. The minimum absolute atomic E-state index is 0.0436. The average molecular weight is 375 g/mol. The minimum atomic E-state index is -2.37. The predicted molar refractivity (Wildman–Crippen MR) is 104 cm³/mol. The van der Waals surface area contributed by atoms with Gasteiger partial charge in [0.05, 0.1) is 12.2 Å². The quantitative estimate of drug-likeness (QED) is 0.711. The summed E-state index contributed by atoms with van der Waals surface area (Å²) in [6, 6.07) is 0. The van der Waals surface area contributed by atoms with E-state index in [-0.39, 0.29) is 21.8 Å². The molecule has 1 aliphatic rings. The Hall–Kier alpha value is -0.0162. The van der Waals surface area contributed by atoms with Crippen molar-refractivity contribution >= 4 is 22.4 Å². The van der Waals surface area contributed by atoms with Crippen LogP contribution in [-0.4, -0.2) is 44.5 Å². The second-order valence-corrected chi connectivity index (χ2v) is 19.5. The van der Waals surface area contributed by atoms with Crippen LogP contribution in [-0.2, 0) is 9.22 Å². The molecule has 0 saturated heterocycles. The summed E-state index contributed by atoms with van der Waals surface area (Å²) < 4.78 is 6.37. The van der Waals surface area contributed by atoms with Crippen LogP contribution >= 0.6 is 0 Å². The van der Waals surface area contributed by atoms with Crippen LogP contribution in [0.25, 0.3) is 0 Å². The van der Waals surface area contributed by atoms with E-state index in [9.17, 15) is 14.7 Å². The third kappa shape index (κ3) is 5.00. The van der Waals surface area contributed by atoms with Gasteiger partial charge in [-0.05, 0) is 48.6 Å². The lowest BCUT2D eigenvalue weighted by Gasteiger charge is -2.45. The Morgan fingerprint density at radius 3 is 2.00 bits per heavy atom. The zero-order valence-corrected chi connectivity index (χ0v) is 19.1. The summed E-state index contributed by atoms with van der Waals surface area (Å²) in [5.74, 6) is 0.0390. The van der Waals surface area contributed by atoms with Crippen LogP contribution < -0.4 is 0 Å².